The molecule has 0 aliphatic heterocycles. The zero-order valence-corrected chi connectivity index (χ0v) is 16.9. The van der Waals surface area contributed by atoms with E-state index in [0.717, 1.165) is 5.56 Å². The summed E-state index contributed by atoms with van der Waals surface area (Å²) in [5.41, 5.74) is 1.37. The van der Waals surface area contributed by atoms with Gasteiger partial charge in [-0.25, -0.2) is 0 Å². The molecule has 0 N–H and O–H groups in total. The van der Waals surface area contributed by atoms with Crippen molar-refractivity contribution in [1.29, 1.82) is 0 Å². The molecule has 0 unspecified atom stereocenters. The summed E-state index contributed by atoms with van der Waals surface area (Å²) in [7, 11) is 4.55. The van der Waals surface area contributed by atoms with Gasteiger partial charge in [-0.05, 0) is 29.8 Å². The second kappa shape index (κ2) is 9.29. The van der Waals surface area contributed by atoms with Gasteiger partial charge < -0.3 is 23.4 Å². The van der Waals surface area contributed by atoms with Crippen LogP contribution in [0.25, 0.3) is 11.5 Å². The van der Waals surface area contributed by atoms with Gasteiger partial charge in [0.1, 0.15) is 0 Å². The van der Waals surface area contributed by atoms with Gasteiger partial charge in [-0.3, -0.25) is 4.79 Å². The second-order valence-corrected chi connectivity index (χ2v) is 6.32. The number of halogens is 1. The van der Waals surface area contributed by atoms with Crippen molar-refractivity contribution >= 4 is 17.6 Å². The molecule has 2 aromatic carbocycles. The third kappa shape index (κ3) is 4.97. The molecule has 0 saturated heterocycles. The van der Waals surface area contributed by atoms with Crippen molar-refractivity contribution in [3.63, 3.8) is 0 Å². The lowest BCUT2D eigenvalue weighted by molar-refractivity contribution is -0.144. The highest BCUT2D eigenvalue weighted by Crippen LogP contribution is 2.40. The Morgan fingerprint density at radius 3 is 2.24 bits per heavy atom. The van der Waals surface area contributed by atoms with E-state index in [1.54, 1.807) is 36.4 Å². The topological polar surface area (TPSA) is 92.9 Å². The van der Waals surface area contributed by atoms with Crippen LogP contribution in [0.5, 0.6) is 17.2 Å². The summed E-state index contributed by atoms with van der Waals surface area (Å²) < 4.78 is 26.7. The maximum atomic E-state index is 12.0. The van der Waals surface area contributed by atoms with E-state index >= 15 is 0 Å². The molecule has 1 aromatic heterocycles. The highest BCUT2D eigenvalue weighted by atomic mass is 35.5. The number of hydrogen-bond donors (Lipinski definition) is 0. The molecule has 0 aliphatic carbocycles. The van der Waals surface area contributed by atoms with Gasteiger partial charge in [0.2, 0.25) is 11.6 Å². The van der Waals surface area contributed by atoms with Crippen molar-refractivity contribution in [3.05, 3.63) is 52.9 Å². The number of carbonyl (C=O) groups excluding carboxylic acids is 1. The van der Waals surface area contributed by atoms with Gasteiger partial charge in [0, 0.05) is 10.6 Å². The third-order valence-electron chi connectivity index (χ3n) is 4.00. The summed E-state index contributed by atoms with van der Waals surface area (Å²) in [6, 6.07) is 10.3. The molecule has 1 heterocycles. The van der Waals surface area contributed by atoms with Crippen LogP contribution in [-0.2, 0) is 22.6 Å². The minimum absolute atomic E-state index is 0.116. The standard InChI is InChI=1S/C20H19ClN2O6/c1-25-15-9-13(10-16(26-2)19(15)27-3)20-23-22-17(29-20)11-28-18(24)8-12-4-6-14(21)7-5-12/h4-7,9-10H,8,11H2,1-3H3. The molecule has 0 spiro atoms. The van der Waals surface area contributed by atoms with Crippen molar-refractivity contribution < 1.29 is 28.2 Å². The molecule has 9 heteroatoms. The summed E-state index contributed by atoms with van der Waals surface area (Å²) >= 11 is 5.83. The highest BCUT2D eigenvalue weighted by molar-refractivity contribution is 6.30. The Hall–Kier alpha value is -3.26. The predicted molar refractivity (Wildman–Crippen MR) is 104 cm³/mol. The number of esters is 1. The second-order valence-electron chi connectivity index (χ2n) is 5.88. The molecule has 3 rings (SSSR count). The van der Waals surface area contributed by atoms with Crippen LogP contribution in [0.15, 0.2) is 40.8 Å². The Morgan fingerprint density at radius 2 is 1.66 bits per heavy atom. The van der Waals surface area contributed by atoms with E-state index in [4.69, 9.17) is 35.0 Å². The molecule has 0 saturated carbocycles. The number of aromatic nitrogens is 2. The number of carbonyl (C=O) groups is 1. The molecule has 0 amide bonds. The molecular formula is C20H19ClN2O6. The summed E-state index contributed by atoms with van der Waals surface area (Å²) in [6.07, 6.45) is 0.116. The largest absolute Gasteiger partial charge is 0.493 e. The lowest BCUT2D eigenvalue weighted by Gasteiger charge is -2.12. The zero-order valence-electron chi connectivity index (χ0n) is 16.1. The Kier molecular flexibility index (Phi) is 6.56. The Balaban J connectivity index is 1.67. The average Bonchev–Trinajstić information content (AvgIpc) is 3.22. The van der Waals surface area contributed by atoms with Crippen molar-refractivity contribution in [2.45, 2.75) is 13.0 Å². The van der Waals surface area contributed by atoms with Gasteiger partial charge in [-0.15, -0.1) is 10.2 Å². The van der Waals surface area contributed by atoms with Crippen LogP contribution in [0.3, 0.4) is 0 Å². The molecule has 29 heavy (non-hydrogen) atoms. The van der Waals surface area contributed by atoms with Crippen molar-refractivity contribution in [2.24, 2.45) is 0 Å². The smallest absolute Gasteiger partial charge is 0.310 e. The van der Waals surface area contributed by atoms with Crippen LogP contribution in [0.2, 0.25) is 5.02 Å². The van der Waals surface area contributed by atoms with E-state index in [1.165, 1.54) is 21.3 Å². The summed E-state index contributed by atoms with van der Waals surface area (Å²) in [4.78, 5) is 12.0. The Bertz CT molecular complexity index is 962. The first kappa shape index (κ1) is 20.5. The summed E-state index contributed by atoms with van der Waals surface area (Å²) in [5.74, 6) is 1.34. The maximum Gasteiger partial charge on any atom is 0.310 e. The van der Waals surface area contributed by atoms with E-state index < -0.39 is 5.97 Å². The zero-order chi connectivity index (χ0) is 20.8. The fourth-order valence-electron chi connectivity index (χ4n) is 2.60. The van der Waals surface area contributed by atoms with Gasteiger partial charge in [0.05, 0.1) is 27.8 Å². The van der Waals surface area contributed by atoms with Crippen molar-refractivity contribution in [2.75, 3.05) is 21.3 Å². The van der Waals surface area contributed by atoms with Gasteiger partial charge in [0.25, 0.3) is 5.89 Å². The molecule has 8 nitrogen and oxygen atoms in total. The minimum atomic E-state index is -0.417. The molecule has 0 radical (unpaired) electrons. The molecule has 0 atom stereocenters. The fourth-order valence-corrected chi connectivity index (χ4v) is 2.72. The first-order valence-electron chi connectivity index (χ1n) is 8.57. The quantitative estimate of drug-likeness (QED) is 0.511. The number of methoxy groups -OCH3 is 3. The van der Waals surface area contributed by atoms with Crippen molar-refractivity contribution in [1.82, 2.24) is 10.2 Å². The third-order valence-corrected chi connectivity index (χ3v) is 4.25. The number of rotatable bonds is 8. The Morgan fingerprint density at radius 1 is 1.00 bits per heavy atom. The first-order valence-corrected chi connectivity index (χ1v) is 8.94. The fraction of sp³-hybridized carbons (Fsp3) is 0.250. The number of nitrogens with zero attached hydrogens (tertiary/aromatic N) is 2. The van der Waals surface area contributed by atoms with Crippen LogP contribution >= 0.6 is 11.6 Å². The monoisotopic (exact) mass is 418 g/mol. The van der Waals surface area contributed by atoms with Gasteiger partial charge >= 0.3 is 5.97 Å². The summed E-state index contributed by atoms with van der Waals surface area (Å²) in [5, 5.41) is 8.51. The maximum absolute atomic E-state index is 12.0. The van der Waals surface area contributed by atoms with Gasteiger partial charge in [-0.1, -0.05) is 23.7 Å². The SMILES string of the molecule is COc1cc(-c2nnc(COC(=O)Cc3ccc(Cl)cc3)o2)cc(OC)c1OC. The first-order chi connectivity index (χ1) is 14.0. The number of benzene rings is 2. The molecule has 0 bridgehead atoms. The average molecular weight is 419 g/mol. The number of hydrogen-bond acceptors (Lipinski definition) is 8. The molecular weight excluding hydrogens is 400 g/mol. The normalized spacial score (nSPS) is 10.5. The molecule has 152 valence electrons. The van der Waals surface area contributed by atoms with E-state index in [1.807, 2.05) is 0 Å². The molecule has 0 fully saturated rings. The van der Waals surface area contributed by atoms with Crippen LogP contribution in [0, 0.1) is 0 Å². The molecule has 3 aromatic rings. The lowest BCUT2D eigenvalue weighted by atomic mass is 10.1. The van der Waals surface area contributed by atoms with Gasteiger partial charge in [0.15, 0.2) is 18.1 Å². The van der Waals surface area contributed by atoms with E-state index in [2.05, 4.69) is 10.2 Å². The van der Waals surface area contributed by atoms with E-state index in [-0.39, 0.29) is 24.8 Å². The van der Waals surface area contributed by atoms with Crippen LogP contribution in [0.1, 0.15) is 11.5 Å². The van der Waals surface area contributed by atoms with Crippen LogP contribution < -0.4 is 14.2 Å². The van der Waals surface area contributed by atoms with E-state index in [9.17, 15) is 4.79 Å². The Labute approximate surface area is 172 Å². The summed E-state index contributed by atoms with van der Waals surface area (Å²) in [6.45, 7) is -0.135. The predicted octanol–water partition coefficient (Wildman–Crippen LogP) is 3.70. The van der Waals surface area contributed by atoms with Gasteiger partial charge in [-0.2, -0.15) is 0 Å². The van der Waals surface area contributed by atoms with Crippen molar-refractivity contribution in [3.8, 4) is 28.7 Å². The lowest BCUT2D eigenvalue weighted by Crippen LogP contribution is -2.08. The van der Waals surface area contributed by atoms with Crippen LogP contribution in [0.4, 0.5) is 0 Å². The van der Waals surface area contributed by atoms with Crippen LogP contribution in [-0.4, -0.2) is 37.5 Å². The molecule has 0 aliphatic rings. The highest BCUT2D eigenvalue weighted by Gasteiger charge is 2.18. The number of ether oxygens (including phenoxy) is 4. The minimum Gasteiger partial charge on any atom is -0.493 e. The van der Waals surface area contributed by atoms with E-state index in [0.29, 0.717) is 27.8 Å².